The molecule has 158 valence electrons. The zero-order valence-corrected chi connectivity index (χ0v) is 19.8. The van der Waals surface area contributed by atoms with E-state index in [4.69, 9.17) is 9.73 Å². The van der Waals surface area contributed by atoms with Gasteiger partial charge in [-0.2, -0.15) is 0 Å². The first kappa shape index (κ1) is 23.6. The van der Waals surface area contributed by atoms with E-state index in [0.717, 1.165) is 51.9 Å². The highest BCUT2D eigenvalue weighted by atomic mass is 127. The van der Waals surface area contributed by atoms with E-state index >= 15 is 0 Å². The number of benzene rings is 2. The maximum atomic E-state index is 5.44. The third-order valence-electron chi connectivity index (χ3n) is 4.81. The quantitative estimate of drug-likeness (QED) is 0.340. The second-order valence-electron chi connectivity index (χ2n) is 7.25. The van der Waals surface area contributed by atoms with E-state index in [1.165, 1.54) is 22.3 Å². The van der Waals surface area contributed by atoms with Gasteiger partial charge < -0.3 is 15.4 Å². The number of hydrogen-bond donors (Lipinski definition) is 2. The van der Waals surface area contributed by atoms with Crippen molar-refractivity contribution in [1.82, 2.24) is 15.5 Å². The summed E-state index contributed by atoms with van der Waals surface area (Å²) < 4.78 is 5.44. The van der Waals surface area contributed by atoms with E-state index in [2.05, 4.69) is 77.9 Å². The van der Waals surface area contributed by atoms with Gasteiger partial charge in [0.15, 0.2) is 5.96 Å². The Morgan fingerprint density at radius 3 is 2.48 bits per heavy atom. The molecule has 0 spiro atoms. The van der Waals surface area contributed by atoms with E-state index in [-0.39, 0.29) is 24.0 Å². The van der Waals surface area contributed by atoms with E-state index < -0.39 is 0 Å². The number of morpholine rings is 1. The van der Waals surface area contributed by atoms with Gasteiger partial charge in [0, 0.05) is 32.7 Å². The third kappa shape index (κ3) is 8.32. The van der Waals surface area contributed by atoms with Crippen molar-refractivity contribution in [3.8, 4) is 0 Å². The molecule has 2 aromatic carbocycles. The molecule has 29 heavy (non-hydrogen) atoms. The summed E-state index contributed by atoms with van der Waals surface area (Å²) in [4.78, 5) is 7.18. The topological polar surface area (TPSA) is 48.9 Å². The lowest BCUT2D eigenvalue weighted by molar-refractivity contribution is 0.0342. The molecule has 0 atom stereocenters. The van der Waals surface area contributed by atoms with Crippen LogP contribution in [-0.2, 0) is 24.4 Å². The van der Waals surface area contributed by atoms with Crippen molar-refractivity contribution in [2.45, 2.75) is 33.5 Å². The molecule has 0 saturated carbocycles. The lowest BCUT2D eigenvalue weighted by Crippen LogP contribution is -2.37. The fourth-order valence-electron chi connectivity index (χ4n) is 3.36. The maximum absolute atomic E-state index is 5.44. The van der Waals surface area contributed by atoms with Crippen LogP contribution in [0.5, 0.6) is 0 Å². The Balaban J connectivity index is 0.00000300. The molecule has 1 aliphatic heterocycles. The molecule has 0 aromatic heterocycles. The molecule has 0 amide bonds. The van der Waals surface area contributed by atoms with Crippen LogP contribution in [0.4, 0.5) is 0 Å². The van der Waals surface area contributed by atoms with E-state index in [1.54, 1.807) is 0 Å². The zero-order valence-electron chi connectivity index (χ0n) is 17.5. The molecule has 2 N–H and O–H groups in total. The Labute approximate surface area is 192 Å². The predicted octanol–water partition coefficient (Wildman–Crippen LogP) is 3.70. The van der Waals surface area contributed by atoms with Crippen molar-refractivity contribution in [3.05, 3.63) is 70.8 Å². The van der Waals surface area contributed by atoms with Gasteiger partial charge in [0.2, 0.25) is 0 Å². The average Bonchev–Trinajstić information content (AvgIpc) is 2.71. The summed E-state index contributed by atoms with van der Waals surface area (Å²) >= 11 is 0. The minimum atomic E-state index is 0. The summed E-state index contributed by atoms with van der Waals surface area (Å²) in [5.74, 6) is 0.850. The molecule has 1 aliphatic rings. The molecule has 2 aromatic rings. The van der Waals surface area contributed by atoms with Crippen molar-refractivity contribution in [1.29, 1.82) is 0 Å². The molecule has 1 heterocycles. The van der Waals surface area contributed by atoms with Gasteiger partial charge in [0.1, 0.15) is 0 Å². The van der Waals surface area contributed by atoms with Gasteiger partial charge in [-0.05, 0) is 30.5 Å². The summed E-state index contributed by atoms with van der Waals surface area (Å²) in [5.41, 5.74) is 5.11. The van der Waals surface area contributed by atoms with Crippen molar-refractivity contribution < 1.29 is 4.74 Å². The minimum absolute atomic E-state index is 0. The highest BCUT2D eigenvalue weighted by Crippen LogP contribution is 2.10. The predicted molar refractivity (Wildman–Crippen MR) is 131 cm³/mol. The molecule has 5 nitrogen and oxygen atoms in total. The first-order valence-corrected chi connectivity index (χ1v) is 10.2. The lowest BCUT2D eigenvalue weighted by atomic mass is 10.1. The molecule has 3 rings (SSSR count). The Hall–Kier alpha value is -1.64. The molecule has 0 unspecified atom stereocenters. The minimum Gasteiger partial charge on any atom is -0.379 e. The number of nitrogens with zero attached hydrogens (tertiary/aromatic N) is 2. The zero-order chi connectivity index (χ0) is 19.6. The molecule has 0 aliphatic carbocycles. The van der Waals surface area contributed by atoms with Gasteiger partial charge in [-0.3, -0.25) is 4.90 Å². The number of hydrogen-bond acceptors (Lipinski definition) is 3. The number of halogens is 1. The summed E-state index contributed by atoms with van der Waals surface area (Å²) in [7, 11) is 0. The first-order valence-electron chi connectivity index (χ1n) is 10.2. The van der Waals surface area contributed by atoms with Crippen molar-refractivity contribution in [3.63, 3.8) is 0 Å². The van der Waals surface area contributed by atoms with Gasteiger partial charge in [0.05, 0.1) is 19.8 Å². The largest absolute Gasteiger partial charge is 0.379 e. The third-order valence-corrected chi connectivity index (χ3v) is 4.81. The number of nitrogens with one attached hydrogen (secondary N) is 2. The standard InChI is InChI=1S/C23H32N4O.HI/c1-3-24-23(25-16-20-7-4-6-19(2)14-20)26-17-21-8-5-9-22(15-21)18-27-10-12-28-13-11-27;/h4-9,14-15H,3,10-13,16-18H2,1-2H3,(H2,24,25,26);1H. The van der Waals surface area contributed by atoms with Crippen LogP contribution < -0.4 is 10.6 Å². The van der Waals surface area contributed by atoms with E-state index in [1.807, 2.05) is 0 Å². The van der Waals surface area contributed by atoms with Crippen molar-refractivity contribution in [2.75, 3.05) is 32.8 Å². The fourth-order valence-corrected chi connectivity index (χ4v) is 3.36. The molecular weight excluding hydrogens is 475 g/mol. The molecule has 6 heteroatoms. The van der Waals surface area contributed by atoms with Crippen LogP contribution >= 0.6 is 24.0 Å². The molecule has 0 bridgehead atoms. The highest BCUT2D eigenvalue weighted by Gasteiger charge is 2.10. The summed E-state index contributed by atoms with van der Waals surface area (Å²) in [6, 6.07) is 17.3. The van der Waals surface area contributed by atoms with Gasteiger partial charge >= 0.3 is 0 Å². The monoisotopic (exact) mass is 508 g/mol. The van der Waals surface area contributed by atoms with Crippen LogP contribution in [0.2, 0.25) is 0 Å². The van der Waals surface area contributed by atoms with Crippen molar-refractivity contribution in [2.24, 2.45) is 4.99 Å². The molecule has 1 fully saturated rings. The Morgan fingerprint density at radius 2 is 1.72 bits per heavy atom. The van der Waals surface area contributed by atoms with Gasteiger partial charge in [-0.1, -0.05) is 54.1 Å². The second kappa shape index (κ2) is 12.8. The van der Waals surface area contributed by atoms with Crippen LogP contribution in [0.25, 0.3) is 0 Å². The van der Waals surface area contributed by atoms with Gasteiger partial charge in [0.25, 0.3) is 0 Å². The maximum Gasteiger partial charge on any atom is 0.191 e. The van der Waals surface area contributed by atoms with E-state index in [9.17, 15) is 0 Å². The average molecular weight is 508 g/mol. The normalized spacial score (nSPS) is 14.9. The second-order valence-corrected chi connectivity index (χ2v) is 7.25. The van der Waals surface area contributed by atoms with Crippen LogP contribution in [-0.4, -0.2) is 43.7 Å². The number of guanidine groups is 1. The fraction of sp³-hybridized carbons (Fsp3) is 0.435. The number of aryl methyl sites for hydroxylation is 1. The van der Waals surface area contributed by atoms with Gasteiger partial charge in [-0.25, -0.2) is 4.99 Å². The smallest absolute Gasteiger partial charge is 0.191 e. The number of rotatable bonds is 7. The number of ether oxygens (including phenoxy) is 1. The number of aliphatic imine (C=N–C) groups is 1. The van der Waals surface area contributed by atoms with Crippen LogP contribution in [0, 0.1) is 6.92 Å². The molecule has 0 radical (unpaired) electrons. The van der Waals surface area contributed by atoms with Crippen LogP contribution in [0.3, 0.4) is 0 Å². The first-order chi connectivity index (χ1) is 13.7. The van der Waals surface area contributed by atoms with Gasteiger partial charge in [-0.15, -0.1) is 24.0 Å². The summed E-state index contributed by atoms with van der Waals surface area (Å²) in [5, 5.41) is 6.79. The van der Waals surface area contributed by atoms with Crippen LogP contribution in [0.15, 0.2) is 53.5 Å². The Kier molecular flexibility index (Phi) is 10.5. The highest BCUT2D eigenvalue weighted by molar-refractivity contribution is 14.0. The Bertz CT molecular complexity index is 775. The Morgan fingerprint density at radius 1 is 1.00 bits per heavy atom. The summed E-state index contributed by atoms with van der Waals surface area (Å²) in [6.07, 6.45) is 0. The lowest BCUT2D eigenvalue weighted by Gasteiger charge is -2.26. The van der Waals surface area contributed by atoms with Crippen molar-refractivity contribution >= 4 is 29.9 Å². The SMILES string of the molecule is CCNC(=NCc1cccc(C)c1)NCc1cccc(CN2CCOCC2)c1.I. The van der Waals surface area contributed by atoms with E-state index in [0.29, 0.717) is 6.54 Å². The molecule has 1 saturated heterocycles. The molecular formula is C23H33IN4O. The summed E-state index contributed by atoms with van der Waals surface area (Å²) in [6.45, 7) is 11.2. The van der Waals surface area contributed by atoms with Crippen LogP contribution in [0.1, 0.15) is 29.2 Å².